The maximum Gasteiger partial charge on any atom is 0.573 e. The number of anilines is 2. The Balaban J connectivity index is 1.36. The van der Waals surface area contributed by atoms with Gasteiger partial charge in [0.1, 0.15) is 11.4 Å². The van der Waals surface area contributed by atoms with Crippen molar-refractivity contribution < 1.29 is 22.7 Å². The van der Waals surface area contributed by atoms with E-state index in [1.165, 1.54) is 24.3 Å². The number of benzene rings is 1. The van der Waals surface area contributed by atoms with Crippen molar-refractivity contribution in [2.24, 2.45) is 5.92 Å². The maximum atomic E-state index is 12.7. The van der Waals surface area contributed by atoms with Gasteiger partial charge in [-0.3, -0.25) is 4.79 Å². The fourth-order valence-corrected chi connectivity index (χ4v) is 4.12. The van der Waals surface area contributed by atoms with Crippen molar-refractivity contribution in [3.05, 3.63) is 53.9 Å². The van der Waals surface area contributed by atoms with Crippen molar-refractivity contribution in [1.82, 2.24) is 10.2 Å². The van der Waals surface area contributed by atoms with Crippen molar-refractivity contribution >= 4 is 28.7 Å². The SMILES string of the molecule is O=C(Nc1ccc(OC(F)(F)F)cc1)C1CCCN(c2ccc(-c3cccs3)nn2)C1. The fraction of sp³-hybridized carbons (Fsp3) is 0.286. The second-order valence-electron chi connectivity index (χ2n) is 7.10. The van der Waals surface area contributed by atoms with Crippen molar-refractivity contribution in [3.8, 4) is 16.3 Å². The first-order valence-electron chi connectivity index (χ1n) is 9.66. The molecule has 31 heavy (non-hydrogen) atoms. The molecule has 1 N–H and O–H groups in total. The quantitative estimate of drug-likeness (QED) is 0.598. The Bertz CT molecular complexity index is 1010. The Morgan fingerprint density at radius 3 is 2.58 bits per heavy atom. The fourth-order valence-electron chi connectivity index (χ4n) is 3.43. The molecule has 0 bridgehead atoms. The Labute approximate surface area is 180 Å². The second-order valence-corrected chi connectivity index (χ2v) is 8.05. The summed E-state index contributed by atoms with van der Waals surface area (Å²) in [6, 6.07) is 12.9. The molecule has 162 valence electrons. The number of alkyl halides is 3. The van der Waals surface area contributed by atoms with Crippen LogP contribution in [-0.4, -0.2) is 35.6 Å². The first-order chi connectivity index (χ1) is 14.9. The summed E-state index contributed by atoms with van der Waals surface area (Å²) in [7, 11) is 0. The van der Waals surface area contributed by atoms with Gasteiger partial charge in [-0.25, -0.2) is 0 Å². The minimum absolute atomic E-state index is 0.183. The van der Waals surface area contributed by atoms with Crippen LogP contribution in [0.5, 0.6) is 5.75 Å². The average Bonchev–Trinajstić information content (AvgIpc) is 3.29. The smallest absolute Gasteiger partial charge is 0.406 e. The maximum absolute atomic E-state index is 12.7. The lowest BCUT2D eigenvalue weighted by Gasteiger charge is -2.32. The number of carbonyl (C=O) groups is 1. The molecule has 0 aliphatic carbocycles. The lowest BCUT2D eigenvalue weighted by Crippen LogP contribution is -2.41. The Hall–Kier alpha value is -3.14. The molecule has 2 aromatic heterocycles. The van der Waals surface area contributed by atoms with E-state index in [2.05, 4.69) is 20.3 Å². The lowest BCUT2D eigenvalue weighted by atomic mass is 9.97. The van der Waals surface area contributed by atoms with E-state index in [9.17, 15) is 18.0 Å². The number of ether oxygens (including phenoxy) is 1. The van der Waals surface area contributed by atoms with Gasteiger partial charge >= 0.3 is 6.36 Å². The number of carbonyl (C=O) groups excluding carboxylic acids is 1. The van der Waals surface area contributed by atoms with Crippen molar-refractivity contribution in [2.45, 2.75) is 19.2 Å². The van der Waals surface area contributed by atoms with Crippen LogP contribution < -0.4 is 15.0 Å². The molecule has 1 aromatic carbocycles. The van der Waals surface area contributed by atoms with Crippen LogP contribution in [0.2, 0.25) is 0 Å². The van der Waals surface area contributed by atoms with Crippen LogP contribution in [0.4, 0.5) is 24.7 Å². The summed E-state index contributed by atoms with van der Waals surface area (Å²) < 4.78 is 40.6. The zero-order chi connectivity index (χ0) is 21.8. The molecule has 1 atom stereocenters. The third-order valence-corrected chi connectivity index (χ3v) is 5.79. The number of amides is 1. The molecule has 6 nitrogen and oxygen atoms in total. The first kappa shape index (κ1) is 21.1. The minimum atomic E-state index is -4.75. The number of piperidine rings is 1. The second kappa shape index (κ2) is 8.93. The molecule has 0 radical (unpaired) electrons. The zero-order valence-corrected chi connectivity index (χ0v) is 17.1. The van der Waals surface area contributed by atoms with Crippen LogP contribution in [0.1, 0.15) is 12.8 Å². The largest absolute Gasteiger partial charge is 0.573 e. The Morgan fingerprint density at radius 2 is 1.94 bits per heavy atom. The minimum Gasteiger partial charge on any atom is -0.406 e. The van der Waals surface area contributed by atoms with Gasteiger partial charge in [0.05, 0.1) is 10.8 Å². The summed E-state index contributed by atoms with van der Waals surface area (Å²) in [5.74, 6) is -0.0682. The van der Waals surface area contributed by atoms with Crippen LogP contribution in [0.15, 0.2) is 53.9 Å². The van der Waals surface area contributed by atoms with Crippen molar-refractivity contribution in [3.63, 3.8) is 0 Å². The molecule has 1 aliphatic rings. The van der Waals surface area contributed by atoms with E-state index in [4.69, 9.17) is 0 Å². The van der Waals surface area contributed by atoms with Gasteiger partial charge in [-0.05, 0) is 60.7 Å². The number of thiophene rings is 1. The summed E-state index contributed by atoms with van der Waals surface area (Å²) >= 11 is 1.59. The van der Waals surface area contributed by atoms with Gasteiger partial charge in [0.15, 0.2) is 5.82 Å². The number of hydrogen-bond donors (Lipinski definition) is 1. The molecule has 1 aliphatic heterocycles. The standard InChI is InChI=1S/C21H19F3N4O2S/c22-21(23,24)30-16-7-5-15(6-8-16)25-20(29)14-3-1-11-28(13-14)19-10-9-17(26-27-19)18-4-2-12-31-18/h2,4-10,12,14H,1,3,11,13H2,(H,25,29). The summed E-state index contributed by atoms with van der Waals surface area (Å²) in [6.07, 6.45) is -3.20. The summed E-state index contributed by atoms with van der Waals surface area (Å²) in [5, 5.41) is 13.4. The van der Waals surface area contributed by atoms with Gasteiger partial charge in [0.25, 0.3) is 0 Å². The number of halogens is 3. The highest BCUT2D eigenvalue weighted by Gasteiger charge is 2.31. The summed E-state index contributed by atoms with van der Waals surface area (Å²) in [6.45, 7) is 1.27. The third kappa shape index (κ3) is 5.52. The van der Waals surface area contributed by atoms with E-state index in [1.807, 2.05) is 34.5 Å². The van der Waals surface area contributed by atoms with Crippen LogP contribution in [0, 0.1) is 5.92 Å². The Kier molecular flexibility index (Phi) is 6.08. The van der Waals surface area contributed by atoms with Gasteiger partial charge in [-0.2, -0.15) is 0 Å². The summed E-state index contributed by atoms with van der Waals surface area (Å²) in [4.78, 5) is 15.8. The summed E-state index contributed by atoms with van der Waals surface area (Å²) in [5.41, 5.74) is 1.22. The molecule has 0 spiro atoms. The number of hydrogen-bond acceptors (Lipinski definition) is 6. The molecule has 4 rings (SSSR count). The molecule has 3 heterocycles. The van der Waals surface area contributed by atoms with Crippen LogP contribution in [-0.2, 0) is 4.79 Å². The zero-order valence-electron chi connectivity index (χ0n) is 16.3. The van der Waals surface area contributed by atoms with E-state index in [-0.39, 0.29) is 17.6 Å². The number of nitrogens with one attached hydrogen (secondary N) is 1. The van der Waals surface area contributed by atoms with Crippen molar-refractivity contribution in [2.75, 3.05) is 23.3 Å². The van der Waals surface area contributed by atoms with Gasteiger partial charge in [0.2, 0.25) is 5.91 Å². The molecule has 10 heteroatoms. The first-order valence-corrected chi connectivity index (χ1v) is 10.5. The van der Waals surface area contributed by atoms with Gasteiger partial charge in [0, 0.05) is 18.8 Å². The van der Waals surface area contributed by atoms with E-state index in [0.717, 1.165) is 30.0 Å². The molecular weight excluding hydrogens is 429 g/mol. The predicted octanol–water partition coefficient (Wildman–Crippen LogP) is 4.96. The van der Waals surface area contributed by atoms with Crippen LogP contribution in [0.3, 0.4) is 0 Å². The van der Waals surface area contributed by atoms with Crippen LogP contribution in [0.25, 0.3) is 10.6 Å². The molecule has 0 saturated carbocycles. The third-order valence-electron chi connectivity index (χ3n) is 4.90. The van der Waals surface area contributed by atoms with Gasteiger partial charge in [-0.15, -0.1) is 34.7 Å². The van der Waals surface area contributed by atoms with E-state index >= 15 is 0 Å². The average molecular weight is 448 g/mol. The molecule has 1 unspecified atom stereocenters. The van der Waals surface area contributed by atoms with E-state index in [0.29, 0.717) is 18.1 Å². The van der Waals surface area contributed by atoms with E-state index < -0.39 is 6.36 Å². The number of aromatic nitrogens is 2. The number of rotatable bonds is 5. The monoisotopic (exact) mass is 448 g/mol. The highest BCUT2D eigenvalue weighted by atomic mass is 32.1. The highest BCUT2D eigenvalue weighted by molar-refractivity contribution is 7.13. The highest BCUT2D eigenvalue weighted by Crippen LogP contribution is 2.27. The molecular formula is C21H19F3N4O2S. The number of nitrogens with zero attached hydrogens (tertiary/aromatic N) is 3. The molecule has 1 amide bonds. The molecule has 1 saturated heterocycles. The lowest BCUT2D eigenvalue weighted by molar-refractivity contribution is -0.274. The van der Waals surface area contributed by atoms with E-state index in [1.54, 1.807) is 11.3 Å². The molecule has 3 aromatic rings. The van der Waals surface area contributed by atoms with Gasteiger partial charge in [-0.1, -0.05) is 6.07 Å². The normalized spacial score (nSPS) is 16.7. The Morgan fingerprint density at radius 1 is 1.13 bits per heavy atom. The van der Waals surface area contributed by atoms with Crippen LogP contribution >= 0.6 is 11.3 Å². The topological polar surface area (TPSA) is 67.3 Å². The molecule has 1 fully saturated rings. The van der Waals surface area contributed by atoms with Crippen molar-refractivity contribution in [1.29, 1.82) is 0 Å². The van der Waals surface area contributed by atoms with Gasteiger partial charge < -0.3 is 15.0 Å². The predicted molar refractivity (Wildman–Crippen MR) is 112 cm³/mol.